The first-order chi connectivity index (χ1) is 40.2. The Hall–Kier alpha value is -6.82. The van der Waals surface area contributed by atoms with Gasteiger partial charge in [0.1, 0.15) is 11.6 Å². The minimum atomic E-state index is -4.15. The highest BCUT2D eigenvalue weighted by molar-refractivity contribution is 7.90. The number of ether oxygens (including phenoxy) is 2. The highest BCUT2D eigenvalue weighted by Gasteiger charge is 2.86. The standard InChI is InChI=1S/2C30H37N7O4S/c2*1-28(2)18-20-4-3-14-35-15-8-25(33-35)42(39,40)34-27(38)21-5-6-23(31-26(21)36(28)19-20)37-16-7-24(32-37)41-17-9-22-29(10-11-29)30(22)12-13-30/h2*5-8,15-16,20,22H,3-4,9-14,17-19H2,1-2H3,(H,34,38)/t20-;/m1./s1. The van der Waals surface area contributed by atoms with Crippen molar-refractivity contribution in [1.82, 2.24) is 58.5 Å². The summed E-state index contributed by atoms with van der Waals surface area (Å²) < 4.78 is 75.3. The number of aryl methyl sites for hydroxylation is 2. The molecule has 2 saturated heterocycles. The molecule has 6 saturated carbocycles. The monoisotopic (exact) mass is 1180 g/mol. The number of sulfonamides is 2. The first-order valence-corrected chi connectivity index (χ1v) is 33.3. The Bertz CT molecular complexity index is 3580. The van der Waals surface area contributed by atoms with E-state index in [2.05, 4.69) is 67.3 Å². The largest absolute Gasteiger partial charge is 0.477 e. The van der Waals surface area contributed by atoms with Crippen LogP contribution in [0.25, 0.3) is 11.6 Å². The van der Waals surface area contributed by atoms with Gasteiger partial charge in [0, 0.05) is 74.2 Å². The van der Waals surface area contributed by atoms with Crippen molar-refractivity contribution in [2.45, 2.75) is 165 Å². The van der Waals surface area contributed by atoms with Gasteiger partial charge in [-0.15, -0.1) is 10.2 Å². The van der Waals surface area contributed by atoms with E-state index in [1.54, 1.807) is 55.4 Å². The number of pyridine rings is 2. The minimum Gasteiger partial charge on any atom is -0.477 e. The molecular weight excluding hydrogens is 1110 g/mol. The molecule has 2 N–H and O–H groups in total. The maximum atomic E-state index is 13.5. The summed E-state index contributed by atoms with van der Waals surface area (Å²) in [5.41, 5.74) is 2.53. The quantitative estimate of drug-likeness (QED) is 0.132. The zero-order valence-corrected chi connectivity index (χ0v) is 49.9. The third-order valence-electron chi connectivity index (χ3n) is 21.4. The summed E-state index contributed by atoms with van der Waals surface area (Å²) in [5.74, 6) is 4.08. The lowest BCUT2D eigenvalue weighted by Gasteiger charge is -2.34. The molecular formula is C60H74N14O8S2. The molecule has 6 aromatic rings. The minimum absolute atomic E-state index is 0.173. The van der Waals surface area contributed by atoms with Crippen LogP contribution in [0.5, 0.6) is 11.8 Å². The summed E-state index contributed by atoms with van der Waals surface area (Å²) in [6.07, 6.45) is 25.9. The highest BCUT2D eigenvalue weighted by Crippen LogP contribution is 2.94. The number of carbonyl (C=O) groups is 2. The Kier molecular flexibility index (Phi) is 12.1. The molecule has 22 nitrogen and oxygen atoms in total. The van der Waals surface area contributed by atoms with Gasteiger partial charge in [0.05, 0.1) is 24.3 Å². The van der Waals surface area contributed by atoms with Crippen LogP contribution in [0.4, 0.5) is 11.6 Å². The molecule has 8 fully saturated rings. The van der Waals surface area contributed by atoms with Crippen molar-refractivity contribution in [3.8, 4) is 23.4 Å². The van der Waals surface area contributed by atoms with E-state index in [9.17, 15) is 26.4 Å². The van der Waals surface area contributed by atoms with Gasteiger partial charge in [0.25, 0.3) is 31.9 Å². The van der Waals surface area contributed by atoms with Crippen LogP contribution >= 0.6 is 0 Å². The molecule has 6 aromatic heterocycles. The number of amides is 2. The molecule has 10 aliphatic rings. The number of fused-ring (bicyclic) bond motifs is 14. The summed E-state index contributed by atoms with van der Waals surface area (Å²) in [4.78, 5) is 41.1. The fourth-order valence-corrected chi connectivity index (χ4v) is 18.7. The summed E-state index contributed by atoms with van der Waals surface area (Å²) in [7, 11) is -8.30. The molecule has 2 atom stereocenters. The smallest absolute Gasteiger partial charge is 0.283 e. The number of nitrogens with zero attached hydrogens (tertiary/aromatic N) is 12. The molecule has 6 aliphatic carbocycles. The van der Waals surface area contributed by atoms with E-state index in [1.165, 1.54) is 63.5 Å². The van der Waals surface area contributed by atoms with E-state index in [1.807, 2.05) is 24.5 Å². The summed E-state index contributed by atoms with van der Waals surface area (Å²) in [6, 6.07) is 13.2. The normalized spacial score (nSPS) is 26.0. The van der Waals surface area contributed by atoms with Crippen molar-refractivity contribution < 1.29 is 35.9 Å². The first-order valence-electron chi connectivity index (χ1n) is 30.4. The first kappa shape index (κ1) is 53.9. The lowest BCUT2D eigenvalue weighted by Crippen LogP contribution is -2.41. The van der Waals surface area contributed by atoms with Gasteiger partial charge in [0.15, 0.2) is 21.7 Å². The number of nitrogens with one attached hydrogen (secondary N) is 2. The number of aromatic nitrogens is 10. The van der Waals surface area contributed by atoms with E-state index >= 15 is 0 Å². The van der Waals surface area contributed by atoms with E-state index in [-0.39, 0.29) is 32.3 Å². The fourth-order valence-electron chi connectivity index (χ4n) is 16.9. The number of hydrogen-bond donors (Lipinski definition) is 2. The van der Waals surface area contributed by atoms with Gasteiger partial charge in [0.2, 0.25) is 11.8 Å². The number of rotatable bonds is 10. The van der Waals surface area contributed by atoms with Crippen molar-refractivity contribution in [1.29, 1.82) is 0 Å². The van der Waals surface area contributed by atoms with E-state index in [0.717, 1.165) is 76.3 Å². The SMILES string of the molecule is CC1(C)CC2CCCn3ccc(n3)S(=O)(=O)NC(=O)c3ccc(-n4ccc(OCCC5C6(CC6)C56CC6)n4)nc3N1C2.CC1(C)C[C@H]2CCCn3ccc(n3)S(=O)(=O)NC(=O)c3ccc(-n4ccc(OCCC5C6(CC6)C56CC6)n4)nc3N1C2. The molecule has 84 heavy (non-hydrogen) atoms. The van der Waals surface area contributed by atoms with E-state index in [4.69, 9.17) is 19.4 Å². The fraction of sp³-hybridized carbons (Fsp3) is 0.600. The van der Waals surface area contributed by atoms with Gasteiger partial charge in [-0.05, 0) is 212 Å². The Labute approximate surface area is 489 Å². The second-order valence-electron chi connectivity index (χ2n) is 27.3. The molecule has 16 rings (SSSR count). The van der Waals surface area contributed by atoms with Crippen molar-refractivity contribution in [3.63, 3.8) is 0 Å². The van der Waals surface area contributed by atoms with Crippen LogP contribution in [0.2, 0.25) is 0 Å². The maximum Gasteiger partial charge on any atom is 0.283 e. The highest BCUT2D eigenvalue weighted by atomic mass is 32.2. The molecule has 24 heteroatoms. The van der Waals surface area contributed by atoms with Crippen LogP contribution in [0.1, 0.15) is 151 Å². The number of anilines is 2. The Balaban J connectivity index is 0.000000143. The maximum absolute atomic E-state index is 13.5. The lowest BCUT2D eigenvalue weighted by atomic mass is 9.93. The zero-order valence-electron chi connectivity index (χ0n) is 48.2. The molecule has 4 aliphatic heterocycles. The van der Waals surface area contributed by atoms with Gasteiger partial charge in [-0.3, -0.25) is 19.0 Å². The summed E-state index contributed by atoms with van der Waals surface area (Å²) in [5, 5.41) is 17.3. The molecule has 444 valence electrons. The third kappa shape index (κ3) is 9.10. The van der Waals surface area contributed by atoms with Crippen molar-refractivity contribution in [2.24, 2.45) is 45.3 Å². The second-order valence-corrected chi connectivity index (χ2v) is 30.5. The molecule has 2 amide bonds. The summed E-state index contributed by atoms with van der Waals surface area (Å²) >= 11 is 0. The van der Waals surface area contributed by atoms with Crippen molar-refractivity contribution in [3.05, 3.63) is 84.4 Å². The second kappa shape index (κ2) is 18.8. The average Bonchev–Trinajstić information content (AvgIpc) is 1.46. The van der Waals surface area contributed by atoms with Crippen molar-refractivity contribution >= 4 is 43.5 Å². The third-order valence-corrected chi connectivity index (χ3v) is 23.9. The lowest BCUT2D eigenvalue weighted by molar-refractivity contribution is 0.0972. The van der Waals surface area contributed by atoms with E-state index < -0.39 is 31.9 Å². The molecule has 4 spiro atoms. The molecule has 0 aromatic carbocycles. The van der Waals surface area contributed by atoms with Gasteiger partial charge in [-0.2, -0.15) is 27.0 Å². The zero-order chi connectivity index (χ0) is 57.8. The van der Waals surface area contributed by atoms with Gasteiger partial charge in [-0.1, -0.05) is 0 Å². The number of carbonyl (C=O) groups excluding carboxylic acids is 2. The van der Waals surface area contributed by atoms with Crippen molar-refractivity contribution in [2.75, 3.05) is 36.1 Å². The van der Waals surface area contributed by atoms with Gasteiger partial charge in [-0.25, -0.2) is 28.8 Å². The molecule has 8 bridgehead atoms. The number of hydrogen-bond acceptors (Lipinski definition) is 16. The van der Waals surface area contributed by atoms with Crippen LogP contribution in [0.15, 0.2) is 83.4 Å². The van der Waals surface area contributed by atoms with Crippen LogP contribution < -0.4 is 28.7 Å². The molecule has 0 radical (unpaired) electrons. The van der Waals surface area contributed by atoms with Gasteiger partial charge < -0.3 is 19.3 Å². The van der Waals surface area contributed by atoms with Crippen LogP contribution in [0, 0.1) is 45.3 Å². The Morgan fingerprint density at radius 3 is 1.30 bits per heavy atom. The predicted molar refractivity (Wildman–Crippen MR) is 308 cm³/mol. The van der Waals surface area contributed by atoms with Crippen LogP contribution in [-0.2, 0) is 33.1 Å². The molecule has 10 heterocycles. The average molecular weight is 1180 g/mol. The van der Waals surface area contributed by atoms with Gasteiger partial charge >= 0.3 is 0 Å². The summed E-state index contributed by atoms with van der Waals surface area (Å²) in [6.45, 7) is 12.6. The Morgan fingerprint density at radius 2 is 0.917 bits per heavy atom. The predicted octanol–water partition coefficient (Wildman–Crippen LogP) is 7.88. The molecule has 1 unspecified atom stereocenters. The van der Waals surface area contributed by atoms with Crippen LogP contribution in [0.3, 0.4) is 0 Å². The van der Waals surface area contributed by atoms with E-state index in [0.29, 0.717) is 94.8 Å². The van der Waals surface area contributed by atoms with Crippen LogP contribution in [-0.4, -0.2) is 115 Å². The Morgan fingerprint density at radius 1 is 0.524 bits per heavy atom. The topological polar surface area (TPSA) is 248 Å².